The van der Waals surface area contributed by atoms with Crippen molar-refractivity contribution in [3.05, 3.63) is 66.0 Å². The second kappa shape index (κ2) is 9.66. The van der Waals surface area contributed by atoms with E-state index >= 15 is 0 Å². The van der Waals surface area contributed by atoms with Crippen LogP contribution in [0.1, 0.15) is 11.4 Å². The number of benzene rings is 2. The fourth-order valence-electron chi connectivity index (χ4n) is 2.56. The van der Waals surface area contributed by atoms with Gasteiger partial charge in [-0.25, -0.2) is 0 Å². The number of para-hydroxylation sites is 2. The number of halogens is 3. The third-order valence-corrected chi connectivity index (χ3v) is 4.91. The van der Waals surface area contributed by atoms with Crippen LogP contribution in [0.25, 0.3) is 5.69 Å². The van der Waals surface area contributed by atoms with Gasteiger partial charge < -0.3 is 10.1 Å². The van der Waals surface area contributed by atoms with Gasteiger partial charge in [-0.3, -0.25) is 9.36 Å². The van der Waals surface area contributed by atoms with Gasteiger partial charge in [0.2, 0.25) is 5.91 Å². The minimum atomic E-state index is -4.45. The molecule has 6 nitrogen and oxygen atoms in total. The molecule has 1 N–H and O–H groups in total. The summed E-state index contributed by atoms with van der Waals surface area (Å²) < 4.78 is 44.4. The van der Waals surface area contributed by atoms with Gasteiger partial charge in [0.25, 0.3) is 0 Å². The van der Waals surface area contributed by atoms with Crippen molar-refractivity contribution in [2.75, 3.05) is 12.3 Å². The highest BCUT2D eigenvalue weighted by Crippen LogP contribution is 2.24. The summed E-state index contributed by atoms with van der Waals surface area (Å²) >= 11 is 1.00. The molecule has 10 heteroatoms. The van der Waals surface area contributed by atoms with E-state index in [0.29, 0.717) is 16.7 Å². The first-order chi connectivity index (χ1) is 14.3. The van der Waals surface area contributed by atoms with Gasteiger partial charge in [0.05, 0.1) is 5.75 Å². The zero-order valence-electron chi connectivity index (χ0n) is 16.0. The molecule has 1 heterocycles. The van der Waals surface area contributed by atoms with E-state index in [1.807, 2.05) is 66.8 Å². The summed E-state index contributed by atoms with van der Waals surface area (Å²) in [4.78, 5) is 11.8. The molecule has 30 heavy (non-hydrogen) atoms. The lowest BCUT2D eigenvalue weighted by molar-refractivity contribution is -0.136. The molecule has 3 rings (SSSR count). The van der Waals surface area contributed by atoms with Crippen molar-refractivity contribution in [1.29, 1.82) is 0 Å². The van der Waals surface area contributed by atoms with Crippen LogP contribution in [0.5, 0.6) is 5.75 Å². The van der Waals surface area contributed by atoms with Crippen LogP contribution < -0.4 is 10.1 Å². The summed E-state index contributed by atoms with van der Waals surface area (Å²) in [5.74, 6) is 0.251. The minimum absolute atomic E-state index is 0.133. The van der Waals surface area contributed by atoms with E-state index in [1.54, 1.807) is 4.57 Å². The van der Waals surface area contributed by atoms with Crippen LogP contribution in [-0.4, -0.2) is 39.1 Å². The first-order valence-electron chi connectivity index (χ1n) is 8.98. The number of carbonyl (C=O) groups excluding carboxylic acids is 1. The number of ether oxygens (including phenoxy) is 1. The van der Waals surface area contributed by atoms with E-state index in [9.17, 15) is 18.0 Å². The van der Waals surface area contributed by atoms with E-state index in [2.05, 4.69) is 10.2 Å². The Balaban J connectivity index is 1.75. The van der Waals surface area contributed by atoms with Gasteiger partial charge in [-0.05, 0) is 30.7 Å². The molecule has 1 amide bonds. The molecule has 0 aliphatic carbocycles. The fraction of sp³-hybridized carbons (Fsp3) is 0.250. The summed E-state index contributed by atoms with van der Waals surface area (Å²) in [6.45, 7) is 0.693. The number of rotatable bonds is 8. The molecule has 0 saturated carbocycles. The van der Waals surface area contributed by atoms with Crippen molar-refractivity contribution < 1.29 is 22.7 Å². The summed E-state index contributed by atoms with van der Waals surface area (Å²) in [6, 6.07) is 16.8. The molecular formula is C20H19F3N4O2S. The number of carbonyl (C=O) groups is 1. The molecule has 0 aliphatic heterocycles. The third kappa shape index (κ3) is 5.99. The lowest BCUT2D eigenvalue weighted by atomic mass is 10.2. The predicted octanol–water partition coefficient (Wildman–Crippen LogP) is 3.93. The summed E-state index contributed by atoms with van der Waals surface area (Å²) in [5.41, 5.74) is 1.73. The molecule has 0 atom stereocenters. The van der Waals surface area contributed by atoms with E-state index in [1.165, 1.54) is 0 Å². The van der Waals surface area contributed by atoms with Crippen molar-refractivity contribution >= 4 is 17.7 Å². The molecule has 3 aromatic rings. The molecule has 0 spiro atoms. The highest BCUT2D eigenvalue weighted by molar-refractivity contribution is 7.99. The third-order valence-electron chi connectivity index (χ3n) is 3.98. The number of alkyl halides is 3. The number of aryl methyl sites for hydroxylation is 1. The maximum atomic E-state index is 12.3. The normalized spacial score (nSPS) is 11.3. The van der Waals surface area contributed by atoms with Crippen LogP contribution in [0.4, 0.5) is 13.2 Å². The lowest BCUT2D eigenvalue weighted by Gasteiger charge is -2.12. The highest BCUT2D eigenvalue weighted by Gasteiger charge is 2.27. The van der Waals surface area contributed by atoms with Crippen molar-refractivity contribution in [3.8, 4) is 11.4 Å². The Morgan fingerprint density at radius 1 is 1.10 bits per heavy atom. The van der Waals surface area contributed by atoms with E-state index in [0.717, 1.165) is 23.0 Å². The summed E-state index contributed by atoms with van der Waals surface area (Å²) in [6.07, 6.45) is -4.45. The Morgan fingerprint density at radius 2 is 1.80 bits per heavy atom. The van der Waals surface area contributed by atoms with Crippen LogP contribution in [0.3, 0.4) is 0 Å². The number of nitrogens with zero attached hydrogens (tertiary/aromatic N) is 3. The second-order valence-corrected chi connectivity index (χ2v) is 7.25. The van der Waals surface area contributed by atoms with Crippen molar-refractivity contribution in [2.24, 2.45) is 0 Å². The number of nitrogens with one attached hydrogen (secondary N) is 1. The predicted molar refractivity (Wildman–Crippen MR) is 107 cm³/mol. The first kappa shape index (κ1) is 21.7. The number of hydrogen-bond acceptors (Lipinski definition) is 5. The zero-order chi connectivity index (χ0) is 21.6. The van der Waals surface area contributed by atoms with Gasteiger partial charge >= 0.3 is 6.18 Å². The second-order valence-electron chi connectivity index (χ2n) is 6.30. The van der Waals surface area contributed by atoms with Crippen molar-refractivity contribution in [3.63, 3.8) is 0 Å². The molecule has 158 valence electrons. The summed E-state index contributed by atoms with van der Waals surface area (Å²) in [5, 5.41) is 10.5. The maximum absolute atomic E-state index is 12.3. The molecule has 1 aromatic heterocycles. The monoisotopic (exact) mass is 436 g/mol. The number of aromatic nitrogens is 3. The van der Waals surface area contributed by atoms with E-state index in [-0.39, 0.29) is 12.4 Å². The van der Waals surface area contributed by atoms with Crippen LogP contribution in [0.2, 0.25) is 0 Å². The van der Waals surface area contributed by atoms with Crippen molar-refractivity contribution in [2.45, 2.75) is 24.9 Å². The van der Waals surface area contributed by atoms with Crippen LogP contribution in [0, 0.1) is 6.92 Å². The van der Waals surface area contributed by atoms with Crippen LogP contribution in [0.15, 0.2) is 59.8 Å². The van der Waals surface area contributed by atoms with Gasteiger partial charge in [0, 0.05) is 5.69 Å². The van der Waals surface area contributed by atoms with E-state index < -0.39 is 18.6 Å². The number of amides is 1. The minimum Gasteiger partial charge on any atom is -0.485 e. The van der Waals surface area contributed by atoms with Gasteiger partial charge in [-0.15, -0.1) is 10.2 Å². The highest BCUT2D eigenvalue weighted by atomic mass is 32.2. The number of hydrogen-bond donors (Lipinski definition) is 1. The lowest BCUT2D eigenvalue weighted by Crippen LogP contribution is -2.34. The Kier molecular flexibility index (Phi) is 6.99. The molecule has 0 bridgehead atoms. The van der Waals surface area contributed by atoms with E-state index in [4.69, 9.17) is 4.74 Å². The fourth-order valence-corrected chi connectivity index (χ4v) is 3.37. The molecule has 0 aliphatic rings. The van der Waals surface area contributed by atoms with Gasteiger partial charge in [0.1, 0.15) is 18.9 Å². The van der Waals surface area contributed by atoms with Gasteiger partial charge in [-0.1, -0.05) is 48.2 Å². The molecular weight excluding hydrogens is 417 g/mol. The SMILES string of the molecule is Cc1ccccc1OCc1nnc(SCC(=O)NCC(F)(F)F)n1-c1ccccc1. The van der Waals surface area contributed by atoms with Gasteiger partial charge in [0.15, 0.2) is 11.0 Å². The Hall–Kier alpha value is -3.01. The topological polar surface area (TPSA) is 69.0 Å². The number of thioether (sulfide) groups is 1. The molecule has 0 radical (unpaired) electrons. The van der Waals surface area contributed by atoms with Crippen molar-refractivity contribution in [1.82, 2.24) is 20.1 Å². The molecule has 0 unspecified atom stereocenters. The zero-order valence-corrected chi connectivity index (χ0v) is 16.8. The Morgan fingerprint density at radius 3 is 2.50 bits per heavy atom. The average Bonchev–Trinajstić information content (AvgIpc) is 3.13. The Labute approximate surface area is 175 Å². The largest absolute Gasteiger partial charge is 0.485 e. The summed E-state index contributed by atoms with van der Waals surface area (Å²) in [7, 11) is 0. The van der Waals surface area contributed by atoms with Crippen LogP contribution >= 0.6 is 11.8 Å². The first-order valence-corrected chi connectivity index (χ1v) is 9.96. The smallest absolute Gasteiger partial charge is 0.405 e. The Bertz CT molecular complexity index is 993. The quantitative estimate of drug-likeness (QED) is 0.542. The average molecular weight is 436 g/mol. The molecule has 2 aromatic carbocycles. The van der Waals surface area contributed by atoms with Gasteiger partial charge in [-0.2, -0.15) is 13.2 Å². The maximum Gasteiger partial charge on any atom is 0.405 e. The van der Waals surface area contributed by atoms with Crippen LogP contribution in [-0.2, 0) is 11.4 Å². The standard InChI is InChI=1S/C20H19F3N4O2S/c1-14-7-5-6-10-16(14)29-11-17-25-26-19(27(17)15-8-3-2-4-9-15)30-12-18(28)24-13-20(21,22)23/h2-10H,11-13H2,1H3,(H,24,28). The molecule has 0 fully saturated rings. The molecule has 0 saturated heterocycles.